The van der Waals surface area contributed by atoms with Gasteiger partial charge >= 0.3 is 0 Å². The minimum Gasteiger partial charge on any atom is -1.00 e. The number of hydrogen-bond donors (Lipinski definition) is 0. The number of thioether (sulfide) groups is 1. The first-order valence-corrected chi connectivity index (χ1v) is 7.51. The van der Waals surface area contributed by atoms with E-state index in [-0.39, 0.29) is 22.9 Å². The monoisotopic (exact) mass is 336 g/mol. The van der Waals surface area contributed by atoms with Crippen LogP contribution in [0.1, 0.15) is 10.6 Å². The first kappa shape index (κ1) is 15.0. The number of nitrogens with zero attached hydrogens (tertiary/aromatic N) is 2. The van der Waals surface area contributed by atoms with Crippen LogP contribution < -0.4 is 21.5 Å². The highest BCUT2D eigenvalue weighted by atomic mass is 79.9. The summed E-state index contributed by atoms with van der Waals surface area (Å²) >= 11 is 3.64. The minimum atomic E-state index is 0. The van der Waals surface area contributed by atoms with E-state index < -0.39 is 0 Å². The minimum absolute atomic E-state index is 0. The van der Waals surface area contributed by atoms with Gasteiger partial charge < -0.3 is 21.9 Å². The van der Waals surface area contributed by atoms with Crippen molar-refractivity contribution in [3.8, 4) is 0 Å². The lowest BCUT2D eigenvalue weighted by Gasteiger charge is -2.25. The quantitative estimate of drug-likeness (QED) is 0.597. The molecule has 17 heavy (non-hydrogen) atoms. The molecule has 3 nitrogen and oxygen atoms in total. The average molecular weight is 337 g/mol. The van der Waals surface area contributed by atoms with Gasteiger partial charge in [0, 0.05) is 31.5 Å². The van der Waals surface area contributed by atoms with Crippen molar-refractivity contribution in [1.82, 2.24) is 4.90 Å². The molecule has 0 spiro atoms. The Balaban J connectivity index is 0.00000144. The van der Waals surface area contributed by atoms with Gasteiger partial charge in [0.05, 0.1) is 4.88 Å². The molecule has 1 amide bonds. The van der Waals surface area contributed by atoms with E-state index in [9.17, 15) is 4.79 Å². The van der Waals surface area contributed by atoms with Crippen molar-refractivity contribution >= 4 is 29.0 Å². The van der Waals surface area contributed by atoms with Crippen LogP contribution in [0.5, 0.6) is 0 Å². The first-order valence-electron chi connectivity index (χ1n) is 5.48. The van der Waals surface area contributed by atoms with Gasteiger partial charge in [-0.15, -0.1) is 0 Å². The molecule has 0 bridgehead atoms. The Morgan fingerprint density at radius 3 is 2.59 bits per heavy atom. The zero-order valence-electron chi connectivity index (χ0n) is 10.1. The van der Waals surface area contributed by atoms with E-state index in [1.807, 2.05) is 22.2 Å². The highest BCUT2D eigenvalue weighted by molar-refractivity contribution is 7.99. The number of aromatic nitrogens is 1. The number of hydrogen-bond acceptors (Lipinski definition) is 3. The van der Waals surface area contributed by atoms with E-state index in [2.05, 4.69) is 18.4 Å². The van der Waals surface area contributed by atoms with Crippen molar-refractivity contribution in [3.63, 3.8) is 0 Å². The predicted molar refractivity (Wildman–Crippen MR) is 67.9 cm³/mol. The summed E-state index contributed by atoms with van der Waals surface area (Å²) in [6.45, 7) is 6.49. The van der Waals surface area contributed by atoms with Crippen LogP contribution in [0.15, 0.2) is 5.51 Å². The zero-order chi connectivity index (χ0) is 11.5. The summed E-state index contributed by atoms with van der Waals surface area (Å²) in [4.78, 5) is 15.3. The van der Waals surface area contributed by atoms with Crippen LogP contribution in [0.3, 0.4) is 0 Å². The molecular formula is C11H17BrN2OS2. The van der Waals surface area contributed by atoms with Crippen molar-refractivity contribution in [1.29, 1.82) is 0 Å². The molecule has 96 valence electrons. The fraction of sp³-hybridized carbons (Fsp3) is 0.636. The third-order valence-electron chi connectivity index (χ3n) is 2.97. The molecule has 1 aliphatic heterocycles. The van der Waals surface area contributed by atoms with Crippen molar-refractivity contribution in [2.45, 2.75) is 20.4 Å². The van der Waals surface area contributed by atoms with Crippen molar-refractivity contribution in [2.24, 2.45) is 0 Å². The van der Waals surface area contributed by atoms with Gasteiger partial charge in [0.25, 0.3) is 5.91 Å². The predicted octanol–water partition coefficient (Wildman–Crippen LogP) is -1.77. The lowest BCUT2D eigenvalue weighted by molar-refractivity contribution is -0.686. The van der Waals surface area contributed by atoms with Crippen LogP contribution in [-0.4, -0.2) is 35.4 Å². The number of thiazole rings is 1. The molecule has 0 aliphatic carbocycles. The molecule has 0 atom stereocenters. The van der Waals surface area contributed by atoms with Gasteiger partial charge in [-0.2, -0.15) is 16.3 Å². The van der Waals surface area contributed by atoms with Gasteiger partial charge in [0.1, 0.15) is 0 Å². The first-order chi connectivity index (χ1) is 7.68. The molecule has 1 aromatic heterocycles. The summed E-state index contributed by atoms with van der Waals surface area (Å²) in [6, 6.07) is 0. The van der Waals surface area contributed by atoms with Gasteiger partial charge in [-0.05, 0) is 6.92 Å². The highest BCUT2D eigenvalue weighted by Gasteiger charge is 2.22. The third kappa shape index (κ3) is 3.69. The summed E-state index contributed by atoms with van der Waals surface area (Å²) in [6.07, 6.45) is 0. The average Bonchev–Trinajstić information content (AvgIpc) is 2.62. The molecule has 0 saturated carbocycles. The molecule has 2 heterocycles. The molecule has 1 fully saturated rings. The van der Waals surface area contributed by atoms with Crippen LogP contribution in [0.25, 0.3) is 0 Å². The maximum atomic E-state index is 12.0. The fourth-order valence-electron chi connectivity index (χ4n) is 1.72. The summed E-state index contributed by atoms with van der Waals surface area (Å²) < 4.78 is 2.06. The Kier molecular flexibility index (Phi) is 5.95. The fourth-order valence-corrected chi connectivity index (χ4v) is 3.43. The van der Waals surface area contributed by atoms with Crippen LogP contribution in [0.2, 0.25) is 0 Å². The van der Waals surface area contributed by atoms with Crippen LogP contribution >= 0.6 is 23.1 Å². The molecule has 2 rings (SSSR count). The van der Waals surface area contributed by atoms with Crippen molar-refractivity contribution in [2.75, 3.05) is 24.6 Å². The highest BCUT2D eigenvalue weighted by Crippen LogP contribution is 2.10. The van der Waals surface area contributed by atoms with Crippen LogP contribution in [-0.2, 0) is 11.3 Å². The number of carbonyl (C=O) groups is 1. The van der Waals surface area contributed by atoms with Gasteiger partial charge in [0.2, 0.25) is 12.1 Å². The Hall–Kier alpha value is -0.0700. The van der Waals surface area contributed by atoms with E-state index in [1.54, 1.807) is 11.3 Å². The summed E-state index contributed by atoms with van der Waals surface area (Å²) in [7, 11) is 0. The summed E-state index contributed by atoms with van der Waals surface area (Å²) in [5.41, 5.74) is 3.26. The Bertz CT molecular complexity index is 389. The SMILES string of the molecule is Cc1sc[n+](CC(=O)N2CCSCC2)c1C.[Br-]. The van der Waals surface area contributed by atoms with E-state index in [0.717, 1.165) is 24.6 Å². The number of aryl methyl sites for hydroxylation is 1. The van der Waals surface area contributed by atoms with E-state index in [1.165, 1.54) is 10.6 Å². The van der Waals surface area contributed by atoms with Crippen LogP contribution in [0, 0.1) is 13.8 Å². The number of carbonyl (C=O) groups excluding carboxylic acids is 1. The van der Waals surface area contributed by atoms with E-state index >= 15 is 0 Å². The zero-order valence-corrected chi connectivity index (χ0v) is 13.3. The molecule has 1 aliphatic rings. The van der Waals surface area contributed by atoms with Crippen molar-refractivity contribution < 1.29 is 26.3 Å². The molecule has 0 radical (unpaired) electrons. The third-order valence-corrected chi connectivity index (χ3v) is 4.92. The Morgan fingerprint density at radius 1 is 1.41 bits per heavy atom. The Labute approximate surface area is 121 Å². The second kappa shape index (κ2) is 6.75. The maximum Gasteiger partial charge on any atom is 0.288 e. The van der Waals surface area contributed by atoms with Gasteiger partial charge in [-0.25, -0.2) is 0 Å². The molecule has 0 unspecified atom stereocenters. The lowest BCUT2D eigenvalue weighted by Crippen LogP contribution is -3.00. The number of halogens is 1. The molecule has 0 N–H and O–H groups in total. The van der Waals surface area contributed by atoms with Gasteiger partial charge in [-0.1, -0.05) is 11.3 Å². The topological polar surface area (TPSA) is 24.2 Å². The number of amides is 1. The lowest BCUT2D eigenvalue weighted by atomic mass is 10.4. The summed E-state index contributed by atoms with van der Waals surface area (Å²) in [5.74, 6) is 2.42. The molecule has 1 saturated heterocycles. The molecule has 0 aromatic carbocycles. The largest absolute Gasteiger partial charge is 1.00 e. The van der Waals surface area contributed by atoms with Gasteiger partial charge in [-0.3, -0.25) is 4.79 Å². The van der Waals surface area contributed by atoms with Crippen LogP contribution in [0.4, 0.5) is 0 Å². The molecule has 1 aromatic rings. The van der Waals surface area contributed by atoms with E-state index in [4.69, 9.17) is 0 Å². The smallest absolute Gasteiger partial charge is 0.288 e. The maximum absolute atomic E-state index is 12.0. The Morgan fingerprint density at radius 2 is 2.06 bits per heavy atom. The summed E-state index contributed by atoms with van der Waals surface area (Å²) in [5, 5.41) is 0. The standard InChI is InChI=1S/C11H17N2OS2.BrH/c1-9-10(2)16-8-13(9)7-11(14)12-3-5-15-6-4-12;/h8H,3-7H2,1-2H3;1H/q+1;/p-1. The molecule has 6 heteroatoms. The normalized spacial score (nSPS) is 15.5. The van der Waals surface area contributed by atoms with Crippen molar-refractivity contribution in [3.05, 3.63) is 16.1 Å². The number of rotatable bonds is 2. The van der Waals surface area contributed by atoms with E-state index in [0.29, 0.717) is 6.54 Å². The second-order valence-corrected chi connectivity index (χ2v) is 6.27. The second-order valence-electron chi connectivity index (χ2n) is 3.99. The van der Waals surface area contributed by atoms with Gasteiger partial charge in [0.15, 0.2) is 5.69 Å². The molecular weight excluding hydrogens is 320 g/mol.